The Hall–Kier alpha value is -1.89. The maximum absolute atomic E-state index is 12.7. The highest BCUT2D eigenvalue weighted by molar-refractivity contribution is 7.89. The van der Waals surface area contributed by atoms with Crippen molar-refractivity contribution in [3.05, 3.63) is 59.2 Å². The van der Waals surface area contributed by atoms with Crippen LogP contribution in [-0.2, 0) is 34.5 Å². The predicted octanol–water partition coefficient (Wildman–Crippen LogP) is 3.19. The number of ether oxygens (including phenoxy) is 1. The molecule has 1 fully saturated rings. The first kappa shape index (κ1) is 17.5. The van der Waals surface area contributed by atoms with Gasteiger partial charge in [-0.05, 0) is 54.2 Å². The van der Waals surface area contributed by atoms with Crippen molar-refractivity contribution in [1.29, 1.82) is 0 Å². The quantitative estimate of drug-likeness (QED) is 0.876. The molecule has 0 radical (unpaired) electrons. The first-order valence-electron chi connectivity index (χ1n) is 9.15. The minimum Gasteiger partial charge on any atom is -0.372 e. The molecule has 0 spiro atoms. The van der Waals surface area contributed by atoms with Crippen molar-refractivity contribution in [2.45, 2.75) is 43.9 Å². The van der Waals surface area contributed by atoms with Gasteiger partial charge in [-0.15, -0.1) is 0 Å². The second kappa shape index (κ2) is 7.39. The summed E-state index contributed by atoms with van der Waals surface area (Å²) in [6.07, 6.45) is 3.65. The van der Waals surface area contributed by atoms with Crippen LogP contribution in [0, 0.1) is 0 Å². The van der Waals surface area contributed by atoms with Crippen molar-refractivity contribution < 1.29 is 13.2 Å². The summed E-state index contributed by atoms with van der Waals surface area (Å²) in [7, 11) is -3.55. The first-order chi connectivity index (χ1) is 12.6. The van der Waals surface area contributed by atoms with Gasteiger partial charge in [0.05, 0.1) is 18.1 Å². The molecule has 0 bridgehead atoms. The molecule has 0 aromatic heterocycles. The van der Waals surface area contributed by atoms with Crippen LogP contribution in [0.3, 0.4) is 0 Å². The summed E-state index contributed by atoms with van der Waals surface area (Å²) in [4.78, 5) is 2.66. The molecule has 1 N–H and O–H groups in total. The van der Waals surface area contributed by atoms with Crippen molar-refractivity contribution in [3.8, 4) is 0 Å². The molecule has 5 nitrogen and oxygen atoms in total. The zero-order valence-electron chi connectivity index (χ0n) is 14.8. The molecule has 2 aliphatic rings. The Morgan fingerprint density at radius 1 is 0.962 bits per heavy atom. The van der Waals surface area contributed by atoms with E-state index in [1.165, 1.54) is 19.3 Å². The van der Waals surface area contributed by atoms with Gasteiger partial charge in [0.25, 0.3) is 0 Å². The van der Waals surface area contributed by atoms with Crippen LogP contribution in [-0.4, -0.2) is 21.5 Å². The third-order valence-electron chi connectivity index (χ3n) is 5.14. The molecular formula is C20H24N2O3S. The molecule has 0 amide bonds. The van der Waals surface area contributed by atoms with Gasteiger partial charge >= 0.3 is 0 Å². The fourth-order valence-corrected chi connectivity index (χ4v) is 4.73. The summed E-state index contributed by atoms with van der Waals surface area (Å²) in [5.41, 5.74) is 4.18. The lowest BCUT2D eigenvalue weighted by Crippen LogP contribution is -2.31. The number of para-hydroxylation sites is 1. The molecule has 0 unspecified atom stereocenters. The van der Waals surface area contributed by atoms with E-state index in [4.69, 9.17) is 4.74 Å². The highest BCUT2D eigenvalue weighted by atomic mass is 32.2. The largest absolute Gasteiger partial charge is 0.372 e. The van der Waals surface area contributed by atoms with E-state index < -0.39 is 10.0 Å². The SMILES string of the molecule is O=S(=O)(NCc1ccccc1N1CCCCC1)c1ccc2c(c1)COC2. The van der Waals surface area contributed by atoms with Crippen LogP contribution >= 0.6 is 0 Å². The molecule has 2 aliphatic heterocycles. The maximum Gasteiger partial charge on any atom is 0.240 e. The van der Waals surface area contributed by atoms with E-state index in [0.717, 1.165) is 35.5 Å². The van der Waals surface area contributed by atoms with Crippen LogP contribution in [0.15, 0.2) is 47.4 Å². The molecule has 0 atom stereocenters. The maximum atomic E-state index is 12.7. The minimum atomic E-state index is -3.55. The Labute approximate surface area is 155 Å². The number of benzene rings is 2. The lowest BCUT2D eigenvalue weighted by atomic mass is 10.1. The molecule has 1 saturated heterocycles. The summed E-state index contributed by atoms with van der Waals surface area (Å²) in [6.45, 7) is 3.41. The van der Waals surface area contributed by atoms with E-state index in [2.05, 4.69) is 15.7 Å². The second-order valence-corrected chi connectivity index (χ2v) is 8.69. The molecule has 26 heavy (non-hydrogen) atoms. The van der Waals surface area contributed by atoms with Crippen molar-refractivity contribution in [1.82, 2.24) is 4.72 Å². The van der Waals surface area contributed by atoms with Crippen LogP contribution in [0.25, 0.3) is 0 Å². The first-order valence-corrected chi connectivity index (χ1v) is 10.6. The second-order valence-electron chi connectivity index (χ2n) is 6.92. The molecule has 4 rings (SSSR count). The van der Waals surface area contributed by atoms with E-state index in [9.17, 15) is 8.42 Å². The Balaban J connectivity index is 1.51. The molecule has 0 aliphatic carbocycles. The average molecular weight is 372 g/mol. The molecule has 2 heterocycles. The molecule has 2 aromatic rings. The number of sulfonamides is 1. The molecule has 0 saturated carbocycles. The van der Waals surface area contributed by atoms with Gasteiger partial charge in [-0.1, -0.05) is 24.3 Å². The number of hydrogen-bond acceptors (Lipinski definition) is 4. The van der Waals surface area contributed by atoms with E-state index in [1.54, 1.807) is 12.1 Å². The van der Waals surface area contributed by atoms with E-state index in [0.29, 0.717) is 24.7 Å². The molecule has 2 aromatic carbocycles. The number of nitrogens with one attached hydrogen (secondary N) is 1. The number of piperidine rings is 1. The van der Waals surface area contributed by atoms with Gasteiger partial charge in [-0.2, -0.15) is 0 Å². The summed E-state index contributed by atoms with van der Waals surface area (Å²) in [5, 5.41) is 0. The minimum absolute atomic E-state index is 0.294. The van der Waals surface area contributed by atoms with Crippen molar-refractivity contribution in [2.24, 2.45) is 0 Å². The monoisotopic (exact) mass is 372 g/mol. The zero-order chi connectivity index (χ0) is 18.0. The fraction of sp³-hybridized carbons (Fsp3) is 0.400. The van der Waals surface area contributed by atoms with E-state index in [1.807, 2.05) is 24.3 Å². The molecule has 138 valence electrons. The number of anilines is 1. The standard InChI is InChI=1S/C20H24N2O3S/c23-26(24,19-9-8-17-14-25-15-18(17)12-19)21-13-16-6-2-3-7-20(16)22-10-4-1-5-11-22/h2-3,6-9,12,21H,1,4-5,10-11,13-15H2. The number of nitrogens with zero attached hydrogens (tertiary/aromatic N) is 1. The van der Waals surface area contributed by atoms with Gasteiger partial charge in [0.15, 0.2) is 0 Å². The third kappa shape index (κ3) is 3.63. The van der Waals surface area contributed by atoms with Gasteiger partial charge in [0.1, 0.15) is 0 Å². The Morgan fingerprint density at radius 3 is 2.58 bits per heavy atom. The van der Waals surface area contributed by atoms with Crippen LogP contribution < -0.4 is 9.62 Å². The lowest BCUT2D eigenvalue weighted by Gasteiger charge is -2.30. The van der Waals surface area contributed by atoms with Gasteiger partial charge < -0.3 is 9.64 Å². The highest BCUT2D eigenvalue weighted by Crippen LogP contribution is 2.26. The Morgan fingerprint density at radius 2 is 1.73 bits per heavy atom. The topological polar surface area (TPSA) is 58.6 Å². The van der Waals surface area contributed by atoms with Crippen molar-refractivity contribution in [2.75, 3.05) is 18.0 Å². The van der Waals surface area contributed by atoms with Gasteiger partial charge in [-0.3, -0.25) is 0 Å². The number of rotatable bonds is 5. The summed E-state index contributed by atoms with van der Waals surface area (Å²) in [6, 6.07) is 13.3. The summed E-state index contributed by atoms with van der Waals surface area (Å²) >= 11 is 0. The number of hydrogen-bond donors (Lipinski definition) is 1. The predicted molar refractivity (Wildman–Crippen MR) is 101 cm³/mol. The van der Waals surface area contributed by atoms with Gasteiger partial charge in [0, 0.05) is 25.3 Å². The molecular weight excluding hydrogens is 348 g/mol. The van der Waals surface area contributed by atoms with Gasteiger partial charge in [0.2, 0.25) is 10.0 Å². The van der Waals surface area contributed by atoms with Crippen LogP contribution in [0.1, 0.15) is 36.0 Å². The third-order valence-corrected chi connectivity index (χ3v) is 6.54. The van der Waals surface area contributed by atoms with Crippen LogP contribution in [0.4, 0.5) is 5.69 Å². The van der Waals surface area contributed by atoms with E-state index in [-0.39, 0.29) is 0 Å². The van der Waals surface area contributed by atoms with Crippen LogP contribution in [0.5, 0.6) is 0 Å². The fourth-order valence-electron chi connectivity index (χ4n) is 3.68. The summed E-state index contributed by atoms with van der Waals surface area (Å²) in [5.74, 6) is 0. The van der Waals surface area contributed by atoms with Crippen molar-refractivity contribution in [3.63, 3.8) is 0 Å². The van der Waals surface area contributed by atoms with Crippen LogP contribution in [0.2, 0.25) is 0 Å². The smallest absolute Gasteiger partial charge is 0.240 e. The zero-order valence-corrected chi connectivity index (χ0v) is 15.6. The number of fused-ring (bicyclic) bond motifs is 1. The van der Waals surface area contributed by atoms with E-state index >= 15 is 0 Å². The van der Waals surface area contributed by atoms with Crippen molar-refractivity contribution >= 4 is 15.7 Å². The normalized spacial score (nSPS) is 17.3. The lowest BCUT2D eigenvalue weighted by molar-refractivity contribution is 0.134. The Kier molecular flexibility index (Phi) is 4.98. The highest BCUT2D eigenvalue weighted by Gasteiger charge is 2.20. The summed E-state index contributed by atoms with van der Waals surface area (Å²) < 4.78 is 33.6. The average Bonchev–Trinajstić information content (AvgIpc) is 3.15. The van der Waals surface area contributed by atoms with Gasteiger partial charge in [-0.25, -0.2) is 13.1 Å². The molecule has 6 heteroatoms. The Bertz CT molecular complexity index is 890.